The SMILES string of the molecule is CCN(CC)C(=O)CCNc1nc(N)nc2sccc12. The number of hydrogen-bond acceptors (Lipinski definition) is 6. The van der Waals surface area contributed by atoms with Gasteiger partial charge in [-0.25, -0.2) is 4.98 Å². The zero-order valence-electron chi connectivity index (χ0n) is 11.7. The van der Waals surface area contributed by atoms with Gasteiger partial charge < -0.3 is 16.0 Å². The summed E-state index contributed by atoms with van der Waals surface area (Å²) in [6, 6.07) is 1.95. The number of rotatable bonds is 6. The van der Waals surface area contributed by atoms with Gasteiger partial charge in [0.05, 0.1) is 5.39 Å². The van der Waals surface area contributed by atoms with Crippen molar-refractivity contribution >= 4 is 39.2 Å². The summed E-state index contributed by atoms with van der Waals surface area (Å²) in [6.45, 7) is 5.98. The van der Waals surface area contributed by atoms with E-state index in [9.17, 15) is 4.79 Å². The third-order valence-electron chi connectivity index (χ3n) is 3.09. The van der Waals surface area contributed by atoms with Crippen LogP contribution in [0.1, 0.15) is 20.3 Å². The maximum Gasteiger partial charge on any atom is 0.224 e. The zero-order valence-corrected chi connectivity index (χ0v) is 12.5. The average molecular weight is 293 g/mol. The van der Waals surface area contributed by atoms with Crippen LogP contribution >= 0.6 is 11.3 Å². The van der Waals surface area contributed by atoms with Crippen LogP contribution in [0.25, 0.3) is 10.2 Å². The lowest BCUT2D eigenvalue weighted by molar-refractivity contribution is -0.130. The Balaban J connectivity index is 1.99. The summed E-state index contributed by atoms with van der Waals surface area (Å²) < 4.78 is 0. The fourth-order valence-corrected chi connectivity index (χ4v) is 2.80. The molecule has 6 nitrogen and oxygen atoms in total. The zero-order chi connectivity index (χ0) is 14.5. The molecule has 0 bridgehead atoms. The fraction of sp³-hybridized carbons (Fsp3) is 0.462. The second-order valence-corrected chi connectivity index (χ2v) is 5.21. The Kier molecular flexibility index (Phi) is 4.73. The molecule has 7 heteroatoms. The molecule has 2 heterocycles. The summed E-state index contributed by atoms with van der Waals surface area (Å²) in [6.07, 6.45) is 0.442. The van der Waals surface area contributed by atoms with Gasteiger partial charge in [0, 0.05) is 26.1 Å². The van der Waals surface area contributed by atoms with E-state index in [0.29, 0.717) is 18.8 Å². The van der Waals surface area contributed by atoms with Crippen LogP contribution in [0.5, 0.6) is 0 Å². The lowest BCUT2D eigenvalue weighted by Gasteiger charge is -2.18. The molecule has 0 aromatic carbocycles. The Bertz CT molecular complexity index is 593. The van der Waals surface area contributed by atoms with Gasteiger partial charge in [-0.05, 0) is 25.3 Å². The topological polar surface area (TPSA) is 84.1 Å². The number of anilines is 2. The highest BCUT2D eigenvalue weighted by molar-refractivity contribution is 7.16. The molecular weight excluding hydrogens is 274 g/mol. The first kappa shape index (κ1) is 14.5. The van der Waals surface area contributed by atoms with Crippen molar-refractivity contribution in [3.8, 4) is 0 Å². The molecule has 0 fully saturated rings. The Morgan fingerprint density at radius 3 is 2.85 bits per heavy atom. The van der Waals surface area contributed by atoms with E-state index in [0.717, 1.165) is 23.3 Å². The van der Waals surface area contributed by atoms with Crippen LogP contribution in [-0.2, 0) is 4.79 Å². The minimum absolute atomic E-state index is 0.145. The minimum atomic E-state index is 0.145. The molecule has 0 radical (unpaired) electrons. The highest BCUT2D eigenvalue weighted by Crippen LogP contribution is 2.25. The van der Waals surface area contributed by atoms with E-state index < -0.39 is 0 Å². The quantitative estimate of drug-likeness (QED) is 0.850. The second-order valence-electron chi connectivity index (χ2n) is 4.31. The summed E-state index contributed by atoms with van der Waals surface area (Å²) >= 11 is 1.52. The van der Waals surface area contributed by atoms with Gasteiger partial charge in [0.25, 0.3) is 0 Å². The first-order valence-electron chi connectivity index (χ1n) is 6.68. The number of hydrogen-bond donors (Lipinski definition) is 2. The van der Waals surface area contributed by atoms with Crippen molar-refractivity contribution in [2.45, 2.75) is 20.3 Å². The number of aromatic nitrogens is 2. The number of carbonyl (C=O) groups excluding carboxylic acids is 1. The van der Waals surface area contributed by atoms with Crippen molar-refractivity contribution in [3.05, 3.63) is 11.4 Å². The summed E-state index contributed by atoms with van der Waals surface area (Å²) in [5.41, 5.74) is 5.68. The van der Waals surface area contributed by atoms with Crippen LogP contribution in [0.3, 0.4) is 0 Å². The lowest BCUT2D eigenvalue weighted by Crippen LogP contribution is -2.31. The molecule has 0 spiro atoms. The molecule has 3 N–H and O–H groups in total. The molecule has 20 heavy (non-hydrogen) atoms. The fourth-order valence-electron chi connectivity index (χ4n) is 2.03. The molecule has 1 amide bonds. The van der Waals surface area contributed by atoms with E-state index in [1.165, 1.54) is 11.3 Å². The number of thiophene rings is 1. The standard InChI is InChI=1S/C13H19N5OS/c1-3-18(4-2)10(19)5-7-15-11-9-6-8-20-12(9)17-13(14)16-11/h6,8H,3-5,7H2,1-2H3,(H3,14,15,16,17). The third-order valence-corrected chi connectivity index (χ3v) is 3.90. The van der Waals surface area contributed by atoms with E-state index in [1.807, 2.05) is 30.2 Å². The van der Waals surface area contributed by atoms with Crippen molar-refractivity contribution in [2.24, 2.45) is 0 Å². The van der Waals surface area contributed by atoms with Crippen LogP contribution in [0, 0.1) is 0 Å². The molecule has 108 valence electrons. The molecule has 2 aromatic rings. The van der Waals surface area contributed by atoms with Crippen molar-refractivity contribution in [3.63, 3.8) is 0 Å². The Morgan fingerprint density at radius 2 is 2.15 bits per heavy atom. The molecule has 0 unspecified atom stereocenters. The van der Waals surface area contributed by atoms with Gasteiger partial charge in [0.15, 0.2) is 0 Å². The van der Waals surface area contributed by atoms with Crippen molar-refractivity contribution in [1.29, 1.82) is 0 Å². The number of nitrogens with one attached hydrogen (secondary N) is 1. The monoisotopic (exact) mass is 293 g/mol. The smallest absolute Gasteiger partial charge is 0.224 e. The number of nitrogens with two attached hydrogens (primary N) is 1. The van der Waals surface area contributed by atoms with Gasteiger partial charge in [-0.3, -0.25) is 4.79 Å². The molecule has 0 atom stereocenters. The Hall–Kier alpha value is -1.89. The average Bonchev–Trinajstić information content (AvgIpc) is 2.88. The Labute approximate surface area is 122 Å². The first-order chi connectivity index (χ1) is 9.65. The largest absolute Gasteiger partial charge is 0.369 e. The van der Waals surface area contributed by atoms with E-state index in [2.05, 4.69) is 15.3 Å². The maximum atomic E-state index is 11.9. The highest BCUT2D eigenvalue weighted by Gasteiger charge is 2.10. The second kappa shape index (κ2) is 6.51. The third kappa shape index (κ3) is 3.16. The molecule has 0 saturated carbocycles. The molecule has 2 aromatic heterocycles. The number of carbonyl (C=O) groups is 1. The normalized spacial score (nSPS) is 10.7. The number of amides is 1. The van der Waals surface area contributed by atoms with Crippen LogP contribution in [-0.4, -0.2) is 40.4 Å². The summed E-state index contributed by atoms with van der Waals surface area (Å²) in [5.74, 6) is 1.09. The van der Waals surface area contributed by atoms with Gasteiger partial charge in [0.2, 0.25) is 11.9 Å². The van der Waals surface area contributed by atoms with Crippen molar-refractivity contribution in [1.82, 2.24) is 14.9 Å². The maximum absolute atomic E-state index is 11.9. The van der Waals surface area contributed by atoms with Crippen LogP contribution in [0.15, 0.2) is 11.4 Å². The van der Waals surface area contributed by atoms with E-state index in [1.54, 1.807) is 0 Å². The molecule has 0 saturated heterocycles. The van der Waals surface area contributed by atoms with Crippen LogP contribution in [0.4, 0.5) is 11.8 Å². The molecule has 2 rings (SSSR count). The molecule has 0 aliphatic carbocycles. The van der Waals surface area contributed by atoms with Crippen LogP contribution in [0.2, 0.25) is 0 Å². The predicted octanol–water partition coefficient (Wildman–Crippen LogP) is 1.94. The molecular formula is C13H19N5OS. The molecule has 0 aliphatic rings. The van der Waals surface area contributed by atoms with Gasteiger partial charge in [0.1, 0.15) is 10.6 Å². The summed E-state index contributed by atoms with van der Waals surface area (Å²) in [5, 5.41) is 6.07. The minimum Gasteiger partial charge on any atom is -0.369 e. The van der Waals surface area contributed by atoms with E-state index >= 15 is 0 Å². The number of nitrogen functional groups attached to an aromatic ring is 1. The lowest BCUT2D eigenvalue weighted by atomic mass is 10.3. The number of nitrogens with zero attached hydrogens (tertiary/aromatic N) is 3. The first-order valence-corrected chi connectivity index (χ1v) is 7.56. The Morgan fingerprint density at radius 1 is 1.40 bits per heavy atom. The summed E-state index contributed by atoms with van der Waals surface area (Å²) in [7, 11) is 0. The van der Waals surface area contributed by atoms with Crippen LogP contribution < -0.4 is 11.1 Å². The number of fused-ring (bicyclic) bond motifs is 1. The van der Waals surface area contributed by atoms with Gasteiger partial charge in [-0.2, -0.15) is 4.98 Å². The van der Waals surface area contributed by atoms with Crippen molar-refractivity contribution < 1.29 is 4.79 Å². The van der Waals surface area contributed by atoms with Crippen molar-refractivity contribution in [2.75, 3.05) is 30.7 Å². The van der Waals surface area contributed by atoms with Gasteiger partial charge >= 0.3 is 0 Å². The van der Waals surface area contributed by atoms with E-state index in [-0.39, 0.29) is 11.9 Å². The van der Waals surface area contributed by atoms with E-state index in [4.69, 9.17) is 5.73 Å². The highest BCUT2D eigenvalue weighted by atomic mass is 32.1. The van der Waals surface area contributed by atoms with Gasteiger partial charge in [-0.1, -0.05) is 0 Å². The predicted molar refractivity (Wildman–Crippen MR) is 82.9 cm³/mol. The summed E-state index contributed by atoms with van der Waals surface area (Å²) in [4.78, 5) is 22.9. The van der Waals surface area contributed by atoms with Gasteiger partial charge in [-0.15, -0.1) is 11.3 Å². The molecule has 0 aliphatic heterocycles.